The van der Waals surface area contributed by atoms with E-state index >= 15 is 0 Å². The van der Waals surface area contributed by atoms with Gasteiger partial charge in [0, 0.05) is 21.8 Å². The quantitative estimate of drug-likeness (QED) is 0.587. The van der Waals surface area contributed by atoms with Crippen LogP contribution < -0.4 is 0 Å². The van der Waals surface area contributed by atoms with Crippen molar-refractivity contribution in [2.75, 3.05) is 0 Å². The summed E-state index contributed by atoms with van der Waals surface area (Å²) in [5, 5.41) is 9.31. The van der Waals surface area contributed by atoms with Gasteiger partial charge in [-0.2, -0.15) is 5.26 Å². The molecular weight excluding hydrogens is 374 g/mol. The first-order valence-electron chi connectivity index (χ1n) is 6.95. The third-order valence-electron chi connectivity index (χ3n) is 2.96. The monoisotopic (exact) mass is 389 g/mol. The highest BCUT2D eigenvalue weighted by atomic mass is 79.9. The third kappa shape index (κ3) is 4.41. The summed E-state index contributed by atoms with van der Waals surface area (Å²) in [7, 11) is 0. The van der Waals surface area contributed by atoms with Crippen LogP contribution in [0.5, 0.6) is 0 Å². The molecule has 0 N–H and O–H groups in total. The van der Waals surface area contributed by atoms with Crippen molar-refractivity contribution >= 4 is 33.0 Å². The predicted molar refractivity (Wildman–Crippen MR) is 96.6 cm³/mol. The Balaban J connectivity index is 2.66. The number of nitrogens with zero attached hydrogens (tertiary/aromatic N) is 3. The molecule has 0 aliphatic carbocycles. The van der Waals surface area contributed by atoms with E-state index in [1.807, 2.05) is 45.0 Å². The van der Waals surface area contributed by atoms with E-state index in [9.17, 15) is 9.81 Å². The van der Waals surface area contributed by atoms with Crippen molar-refractivity contribution in [1.29, 1.82) is 5.26 Å². The zero-order chi connectivity index (χ0) is 17.0. The topological polar surface area (TPSA) is 72.1 Å². The standard InChI is InChI=1S/C17H16BrN3OS/c1-17(2,3)23(22)21-16(12-6-4-7-13(18)10-12)14-8-5-9-20-15(14)11-19/h4-10H,1-3H3/b21-16-. The van der Waals surface area contributed by atoms with E-state index in [2.05, 4.69) is 31.4 Å². The molecule has 0 aliphatic heterocycles. The second-order valence-corrected chi connectivity index (χ2v) is 8.64. The third-order valence-corrected chi connectivity index (χ3v) is 4.85. The summed E-state index contributed by atoms with van der Waals surface area (Å²) in [6, 6.07) is 13.1. The normalized spacial score (nSPS) is 13.5. The van der Waals surface area contributed by atoms with Crippen molar-refractivity contribution in [3.05, 3.63) is 63.9 Å². The predicted octanol–water partition coefficient (Wildman–Crippen LogP) is 4.02. The zero-order valence-electron chi connectivity index (χ0n) is 13.1. The van der Waals surface area contributed by atoms with Crippen LogP contribution in [0.3, 0.4) is 0 Å². The van der Waals surface area contributed by atoms with E-state index < -0.39 is 16.1 Å². The van der Waals surface area contributed by atoms with Gasteiger partial charge in [-0.05, 0) is 45.0 Å². The number of rotatable bonds is 3. The maximum absolute atomic E-state index is 12.5. The minimum absolute atomic E-state index is 0.261. The fraction of sp³-hybridized carbons (Fsp3) is 0.235. The smallest absolute Gasteiger partial charge is 0.150 e. The van der Waals surface area contributed by atoms with Gasteiger partial charge in [-0.25, -0.2) is 4.98 Å². The number of halogens is 1. The Kier molecular flexibility index (Phi) is 5.58. The second kappa shape index (κ2) is 7.26. The van der Waals surface area contributed by atoms with Crippen molar-refractivity contribution in [3.8, 4) is 6.07 Å². The molecule has 0 spiro atoms. The van der Waals surface area contributed by atoms with E-state index in [-0.39, 0.29) is 5.69 Å². The molecular formula is C17H16BrN3OS. The first-order valence-corrected chi connectivity index (χ1v) is 8.85. The van der Waals surface area contributed by atoms with Crippen LogP contribution in [-0.4, -0.2) is 20.0 Å². The first kappa shape index (κ1) is 17.7. The Morgan fingerprint density at radius 2 is 2.04 bits per heavy atom. The van der Waals surface area contributed by atoms with Gasteiger partial charge in [-0.15, -0.1) is 0 Å². The van der Waals surface area contributed by atoms with Crippen LogP contribution in [0.4, 0.5) is 0 Å². The van der Waals surface area contributed by atoms with Gasteiger partial charge in [0.15, 0.2) is 0 Å². The molecule has 0 aliphatic rings. The van der Waals surface area contributed by atoms with Crippen LogP contribution in [0.15, 0.2) is 51.5 Å². The largest absolute Gasteiger partial charge is 0.591 e. The van der Waals surface area contributed by atoms with Crippen LogP contribution in [-0.2, 0) is 11.4 Å². The van der Waals surface area contributed by atoms with Crippen molar-refractivity contribution < 1.29 is 4.55 Å². The summed E-state index contributed by atoms with van der Waals surface area (Å²) in [5.74, 6) is 0. The minimum Gasteiger partial charge on any atom is -0.591 e. The van der Waals surface area contributed by atoms with E-state index in [4.69, 9.17) is 0 Å². The van der Waals surface area contributed by atoms with Gasteiger partial charge in [0.2, 0.25) is 0 Å². The zero-order valence-corrected chi connectivity index (χ0v) is 15.5. The van der Waals surface area contributed by atoms with E-state index in [0.29, 0.717) is 11.3 Å². The maximum Gasteiger partial charge on any atom is 0.150 e. The van der Waals surface area contributed by atoms with Crippen molar-refractivity contribution in [3.63, 3.8) is 0 Å². The van der Waals surface area contributed by atoms with Crippen LogP contribution >= 0.6 is 15.9 Å². The Morgan fingerprint density at radius 3 is 2.65 bits per heavy atom. The Hall–Kier alpha value is -1.68. The minimum atomic E-state index is -1.45. The van der Waals surface area contributed by atoms with Gasteiger partial charge in [-0.3, -0.25) is 0 Å². The molecule has 2 aromatic rings. The fourth-order valence-electron chi connectivity index (χ4n) is 1.80. The van der Waals surface area contributed by atoms with Gasteiger partial charge < -0.3 is 4.55 Å². The Morgan fingerprint density at radius 1 is 1.30 bits per heavy atom. The molecule has 0 bridgehead atoms. The second-order valence-electron chi connectivity index (χ2n) is 5.82. The summed E-state index contributed by atoms with van der Waals surface area (Å²) < 4.78 is 17.3. The van der Waals surface area contributed by atoms with Crippen LogP contribution in [0.1, 0.15) is 37.6 Å². The van der Waals surface area contributed by atoms with Crippen molar-refractivity contribution in [1.82, 2.24) is 4.98 Å². The SMILES string of the molecule is CC(C)(C)[S+]([O-])/N=C(/c1cccc(Br)c1)c1cccnc1C#N. The summed E-state index contributed by atoms with van der Waals surface area (Å²) in [6.45, 7) is 5.58. The molecule has 2 rings (SSSR count). The molecule has 1 aromatic heterocycles. The molecule has 118 valence electrons. The fourth-order valence-corrected chi connectivity index (χ4v) is 2.84. The number of pyridine rings is 1. The van der Waals surface area contributed by atoms with Crippen molar-refractivity contribution in [2.45, 2.75) is 25.5 Å². The van der Waals surface area contributed by atoms with E-state index in [0.717, 1.165) is 10.0 Å². The molecule has 0 radical (unpaired) electrons. The Labute approximate surface area is 147 Å². The highest BCUT2D eigenvalue weighted by molar-refractivity contribution is 9.10. The van der Waals surface area contributed by atoms with Gasteiger partial charge in [0.05, 0.1) is 0 Å². The molecule has 0 saturated carbocycles. The lowest BCUT2D eigenvalue weighted by Gasteiger charge is -2.19. The average molecular weight is 390 g/mol. The number of hydrogen-bond donors (Lipinski definition) is 0. The van der Waals surface area contributed by atoms with Gasteiger partial charge in [0.25, 0.3) is 0 Å². The molecule has 0 saturated heterocycles. The van der Waals surface area contributed by atoms with Crippen LogP contribution in [0.25, 0.3) is 0 Å². The van der Waals surface area contributed by atoms with Crippen LogP contribution in [0.2, 0.25) is 0 Å². The molecule has 1 unspecified atom stereocenters. The molecule has 1 aromatic carbocycles. The summed E-state index contributed by atoms with van der Waals surface area (Å²) in [4.78, 5) is 4.08. The highest BCUT2D eigenvalue weighted by Gasteiger charge is 2.28. The van der Waals surface area contributed by atoms with E-state index in [1.165, 1.54) is 0 Å². The van der Waals surface area contributed by atoms with Gasteiger partial charge >= 0.3 is 0 Å². The number of hydrogen-bond acceptors (Lipinski definition) is 4. The number of aromatic nitrogens is 1. The maximum atomic E-state index is 12.5. The lowest BCUT2D eigenvalue weighted by Crippen LogP contribution is -2.27. The van der Waals surface area contributed by atoms with E-state index in [1.54, 1.807) is 18.3 Å². The summed E-state index contributed by atoms with van der Waals surface area (Å²) in [5.41, 5.74) is 2.12. The lowest BCUT2D eigenvalue weighted by molar-refractivity contribution is 0.561. The van der Waals surface area contributed by atoms with Crippen molar-refractivity contribution in [2.24, 2.45) is 4.40 Å². The van der Waals surface area contributed by atoms with Gasteiger partial charge in [0.1, 0.15) is 33.6 Å². The molecule has 1 atom stereocenters. The van der Waals surface area contributed by atoms with Gasteiger partial charge in [-0.1, -0.05) is 32.5 Å². The summed E-state index contributed by atoms with van der Waals surface area (Å²) in [6.07, 6.45) is 1.56. The molecule has 1 heterocycles. The summed E-state index contributed by atoms with van der Waals surface area (Å²) >= 11 is 1.98. The number of nitriles is 1. The van der Waals surface area contributed by atoms with Crippen LogP contribution in [0, 0.1) is 11.3 Å². The molecule has 23 heavy (non-hydrogen) atoms. The molecule has 6 heteroatoms. The average Bonchev–Trinajstić information content (AvgIpc) is 2.51. The first-order chi connectivity index (χ1) is 10.8. The molecule has 0 amide bonds. The lowest BCUT2D eigenvalue weighted by atomic mass is 10.0. The molecule has 0 fully saturated rings. The number of benzene rings is 1. The highest BCUT2D eigenvalue weighted by Crippen LogP contribution is 2.23. The molecule has 4 nitrogen and oxygen atoms in total. The Bertz CT molecular complexity index is 778.